The molecule has 2 aromatic carbocycles. The lowest BCUT2D eigenvalue weighted by Crippen LogP contribution is -2.30. The predicted octanol–water partition coefficient (Wildman–Crippen LogP) is 4.12. The summed E-state index contributed by atoms with van der Waals surface area (Å²) in [5, 5.41) is 4.23. The van der Waals surface area contributed by atoms with Gasteiger partial charge in [0.1, 0.15) is 5.58 Å². The van der Waals surface area contributed by atoms with Crippen LogP contribution in [0.3, 0.4) is 0 Å². The third-order valence-corrected chi connectivity index (χ3v) is 4.08. The topological polar surface area (TPSA) is 68.5 Å². The second kappa shape index (κ2) is 7.40. The van der Waals surface area contributed by atoms with Crippen molar-refractivity contribution in [3.63, 3.8) is 0 Å². The molecule has 0 aliphatic rings. The van der Waals surface area contributed by atoms with E-state index >= 15 is 0 Å². The number of esters is 1. The molecule has 25 heavy (non-hydrogen) atoms. The highest BCUT2D eigenvalue weighted by atomic mass is 35.5. The average molecular weight is 358 g/mol. The lowest BCUT2D eigenvalue weighted by Gasteiger charge is -2.17. The smallest absolute Gasteiger partial charge is 0.307 e. The Labute approximate surface area is 149 Å². The van der Waals surface area contributed by atoms with Gasteiger partial charge in [-0.15, -0.1) is 0 Å². The first-order valence-corrected chi connectivity index (χ1v) is 8.06. The Hall–Kier alpha value is -2.79. The van der Waals surface area contributed by atoms with E-state index < -0.39 is 17.9 Å². The van der Waals surface area contributed by atoms with Gasteiger partial charge >= 0.3 is 5.97 Å². The lowest BCUT2D eigenvalue weighted by atomic mass is 10.0. The molecular formula is C19H16ClNO4. The molecule has 1 atom stereocenters. The molecule has 6 heteroatoms. The van der Waals surface area contributed by atoms with Crippen LogP contribution in [-0.4, -0.2) is 19.0 Å². The highest BCUT2D eigenvalue weighted by Gasteiger charge is 2.21. The largest absolute Gasteiger partial charge is 0.469 e. The summed E-state index contributed by atoms with van der Waals surface area (Å²) in [5.74, 6) is -0.644. The Morgan fingerprint density at radius 3 is 2.56 bits per heavy atom. The fraction of sp³-hybridized carbons (Fsp3) is 0.158. The monoisotopic (exact) mass is 357 g/mol. The zero-order chi connectivity index (χ0) is 17.8. The van der Waals surface area contributed by atoms with Crippen molar-refractivity contribution >= 4 is 34.4 Å². The summed E-state index contributed by atoms with van der Waals surface area (Å²) in [6.07, 6.45) is 0.00407. The molecule has 0 spiro atoms. The third-order valence-electron chi connectivity index (χ3n) is 3.83. The Morgan fingerprint density at radius 2 is 1.88 bits per heavy atom. The van der Waals surface area contributed by atoms with Crippen molar-refractivity contribution in [3.8, 4) is 0 Å². The standard InChI is InChI=1S/C19H16ClNO4/c1-24-18(22)11-15(12-6-8-14(20)9-7-12)21-19(23)17-10-13-4-2-3-5-16(13)25-17/h2-10,15H,11H2,1H3,(H,21,23). The molecule has 1 unspecified atom stereocenters. The highest BCUT2D eigenvalue weighted by molar-refractivity contribution is 6.30. The molecule has 0 fully saturated rings. The second-order valence-electron chi connectivity index (χ2n) is 5.51. The molecule has 0 saturated carbocycles. The van der Waals surface area contributed by atoms with Gasteiger partial charge in [0.05, 0.1) is 19.6 Å². The van der Waals surface area contributed by atoms with Gasteiger partial charge in [0.25, 0.3) is 5.91 Å². The number of para-hydroxylation sites is 1. The maximum absolute atomic E-state index is 12.6. The molecule has 0 saturated heterocycles. The zero-order valence-electron chi connectivity index (χ0n) is 13.5. The van der Waals surface area contributed by atoms with Crippen molar-refractivity contribution in [3.05, 3.63) is 70.9 Å². The number of furan rings is 1. The van der Waals surface area contributed by atoms with Crippen LogP contribution in [0.5, 0.6) is 0 Å². The predicted molar refractivity (Wildman–Crippen MR) is 94.5 cm³/mol. The van der Waals surface area contributed by atoms with Gasteiger partial charge in [-0.2, -0.15) is 0 Å². The second-order valence-corrected chi connectivity index (χ2v) is 5.94. The minimum absolute atomic E-state index is 0.00407. The molecule has 128 valence electrons. The van der Waals surface area contributed by atoms with Gasteiger partial charge in [-0.25, -0.2) is 0 Å². The molecule has 0 aliphatic carbocycles. The molecule has 1 aromatic heterocycles. The fourth-order valence-electron chi connectivity index (χ4n) is 2.52. The molecule has 3 aromatic rings. The maximum Gasteiger partial charge on any atom is 0.307 e. The van der Waals surface area contributed by atoms with Crippen molar-refractivity contribution in [2.45, 2.75) is 12.5 Å². The van der Waals surface area contributed by atoms with Crippen LogP contribution in [0.25, 0.3) is 11.0 Å². The van der Waals surface area contributed by atoms with Gasteiger partial charge in [0.15, 0.2) is 5.76 Å². The Bertz CT molecular complexity index is 868. The van der Waals surface area contributed by atoms with E-state index in [0.717, 1.165) is 10.9 Å². The molecule has 1 amide bonds. The van der Waals surface area contributed by atoms with E-state index in [-0.39, 0.29) is 12.2 Å². The molecule has 3 rings (SSSR count). The van der Waals surface area contributed by atoms with Crippen molar-refractivity contribution in [2.75, 3.05) is 7.11 Å². The van der Waals surface area contributed by atoms with Gasteiger partial charge in [-0.3, -0.25) is 9.59 Å². The number of rotatable bonds is 5. The van der Waals surface area contributed by atoms with Crippen molar-refractivity contribution in [1.29, 1.82) is 0 Å². The molecule has 0 aliphatic heterocycles. The van der Waals surface area contributed by atoms with E-state index in [1.807, 2.05) is 18.2 Å². The number of nitrogens with one attached hydrogen (secondary N) is 1. The number of carbonyl (C=O) groups excluding carboxylic acids is 2. The quantitative estimate of drug-likeness (QED) is 0.697. The molecular weight excluding hydrogens is 342 g/mol. The molecule has 0 bridgehead atoms. The van der Waals surface area contributed by atoms with Crippen LogP contribution >= 0.6 is 11.6 Å². The summed E-state index contributed by atoms with van der Waals surface area (Å²) in [6, 6.07) is 15.4. The van der Waals surface area contributed by atoms with E-state index in [2.05, 4.69) is 5.32 Å². The van der Waals surface area contributed by atoms with Crippen molar-refractivity contribution < 1.29 is 18.7 Å². The normalized spacial score (nSPS) is 11.9. The Balaban J connectivity index is 1.84. The fourth-order valence-corrected chi connectivity index (χ4v) is 2.65. The summed E-state index contributed by atoms with van der Waals surface area (Å²) in [7, 11) is 1.31. The molecule has 0 radical (unpaired) electrons. The first-order valence-electron chi connectivity index (χ1n) is 7.68. The van der Waals surface area contributed by atoms with Crippen molar-refractivity contribution in [1.82, 2.24) is 5.32 Å². The first kappa shape index (κ1) is 17.0. The number of hydrogen-bond donors (Lipinski definition) is 1. The highest BCUT2D eigenvalue weighted by Crippen LogP contribution is 2.23. The van der Waals surface area contributed by atoms with Gasteiger partial charge in [-0.05, 0) is 29.8 Å². The van der Waals surface area contributed by atoms with Crippen LogP contribution in [-0.2, 0) is 9.53 Å². The molecule has 1 heterocycles. The molecule has 1 N–H and O–H groups in total. The minimum atomic E-state index is -0.551. The van der Waals surface area contributed by atoms with Gasteiger partial charge in [0.2, 0.25) is 0 Å². The van der Waals surface area contributed by atoms with Crippen LogP contribution in [0.1, 0.15) is 28.6 Å². The summed E-state index contributed by atoms with van der Waals surface area (Å²) < 4.78 is 10.3. The van der Waals surface area contributed by atoms with E-state index in [9.17, 15) is 9.59 Å². The number of ether oxygens (including phenoxy) is 1. The number of benzene rings is 2. The van der Waals surface area contributed by atoms with Crippen LogP contribution in [0.4, 0.5) is 0 Å². The number of methoxy groups -OCH3 is 1. The average Bonchev–Trinajstić information content (AvgIpc) is 3.06. The van der Waals surface area contributed by atoms with E-state index in [1.165, 1.54) is 7.11 Å². The van der Waals surface area contributed by atoms with Gasteiger partial charge < -0.3 is 14.5 Å². The van der Waals surface area contributed by atoms with E-state index in [4.69, 9.17) is 20.8 Å². The third kappa shape index (κ3) is 4.00. The number of amides is 1. The summed E-state index contributed by atoms with van der Waals surface area (Å²) >= 11 is 5.90. The maximum atomic E-state index is 12.6. The Kier molecular flexibility index (Phi) is 5.05. The van der Waals surface area contributed by atoms with E-state index in [1.54, 1.807) is 36.4 Å². The van der Waals surface area contributed by atoms with Crippen LogP contribution in [0, 0.1) is 0 Å². The first-order chi connectivity index (χ1) is 12.1. The van der Waals surface area contributed by atoms with Crippen molar-refractivity contribution in [2.24, 2.45) is 0 Å². The zero-order valence-corrected chi connectivity index (χ0v) is 14.2. The number of fused-ring (bicyclic) bond motifs is 1. The summed E-state index contributed by atoms with van der Waals surface area (Å²) in [4.78, 5) is 24.3. The van der Waals surface area contributed by atoms with Crippen LogP contribution in [0.2, 0.25) is 5.02 Å². The van der Waals surface area contributed by atoms with E-state index in [0.29, 0.717) is 10.6 Å². The van der Waals surface area contributed by atoms with Gasteiger partial charge in [0, 0.05) is 10.4 Å². The number of carbonyl (C=O) groups is 2. The van der Waals surface area contributed by atoms with Gasteiger partial charge in [-0.1, -0.05) is 41.9 Å². The number of halogens is 1. The number of hydrogen-bond acceptors (Lipinski definition) is 4. The summed E-state index contributed by atoms with van der Waals surface area (Å²) in [6.45, 7) is 0. The van der Waals surface area contributed by atoms with Crippen LogP contribution in [0.15, 0.2) is 59.0 Å². The lowest BCUT2D eigenvalue weighted by molar-refractivity contribution is -0.141. The molecule has 5 nitrogen and oxygen atoms in total. The SMILES string of the molecule is COC(=O)CC(NC(=O)c1cc2ccccc2o1)c1ccc(Cl)cc1. The minimum Gasteiger partial charge on any atom is -0.469 e. The Morgan fingerprint density at radius 1 is 1.16 bits per heavy atom. The van der Waals surface area contributed by atoms with Crippen LogP contribution < -0.4 is 5.32 Å². The summed E-state index contributed by atoms with van der Waals surface area (Å²) in [5.41, 5.74) is 1.38.